The van der Waals surface area contributed by atoms with E-state index in [9.17, 15) is 19.8 Å². The van der Waals surface area contributed by atoms with Gasteiger partial charge in [-0.05, 0) is 83.5 Å². The molecule has 6 heteroatoms. The van der Waals surface area contributed by atoms with E-state index in [0.29, 0.717) is 25.9 Å². The van der Waals surface area contributed by atoms with E-state index in [4.69, 9.17) is 4.74 Å². The van der Waals surface area contributed by atoms with Gasteiger partial charge in [0.1, 0.15) is 0 Å². The minimum absolute atomic E-state index is 0.0371. The summed E-state index contributed by atoms with van der Waals surface area (Å²) in [4.78, 5) is 24.4. The molecular weight excluding hydrogens is 743 g/mol. The number of allylic oxidation sites excluding steroid dienone is 8. The number of carbonyl (C=O) groups excluding carboxylic acids is 2. The number of nitrogens with one attached hydrogen (secondary N) is 1. The van der Waals surface area contributed by atoms with Gasteiger partial charge in [-0.1, -0.05) is 210 Å². The third-order valence-corrected chi connectivity index (χ3v) is 11.6. The lowest BCUT2D eigenvalue weighted by molar-refractivity contribution is -0.143. The fourth-order valence-corrected chi connectivity index (χ4v) is 7.59. The minimum Gasteiger partial charge on any atom is -0.466 e. The first-order valence-electron chi connectivity index (χ1n) is 25.9. The molecule has 0 bridgehead atoms. The largest absolute Gasteiger partial charge is 0.466 e. The summed E-state index contributed by atoms with van der Waals surface area (Å²) in [5, 5.41) is 23.2. The molecule has 0 spiro atoms. The third-order valence-electron chi connectivity index (χ3n) is 11.6. The molecule has 0 radical (unpaired) electrons. The Hall–Kier alpha value is -2.18. The summed E-state index contributed by atoms with van der Waals surface area (Å²) in [5.74, 6) is -0.0962. The zero-order chi connectivity index (χ0) is 43.7. The first-order valence-corrected chi connectivity index (χ1v) is 25.9. The molecule has 3 N–H and O–H groups in total. The summed E-state index contributed by atoms with van der Waals surface area (Å²) < 4.78 is 5.43. The van der Waals surface area contributed by atoms with Crippen molar-refractivity contribution in [3.63, 3.8) is 0 Å². The summed E-state index contributed by atoms with van der Waals surface area (Å²) in [7, 11) is 0. The van der Waals surface area contributed by atoms with Crippen LogP contribution in [-0.4, -0.2) is 47.4 Å². The Morgan fingerprint density at radius 3 is 1.42 bits per heavy atom. The van der Waals surface area contributed by atoms with E-state index >= 15 is 0 Å². The molecule has 0 aromatic heterocycles. The van der Waals surface area contributed by atoms with Gasteiger partial charge in [0, 0.05) is 12.8 Å². The summed E-state index contributed by atoms with van der Waals surface area (Å²) in [5.41, 5.74) is 0. The zero-order valence-corrected chi connectivity index (χ0v) is 39.7. The molecule has 0 aliphatic rings. The number of esters is 1. The second-order valence-corrected chi connectivity index (χ2v) is 17.5. The number of aliphatic hydroxyl groups excluding tert-OH is 2. The predicted octanol–water partition coefficient (Wildman–Crippen LogP) is 15.5. The molecule has 6 nitrogen and oxygen atoms in total. The normalized spacial score (nSPS) is 13.1. The van der Waals surface area contributed by atoms with Crippen LogP contribution in [0.1, 0.15) is 258 Å². The maximum atomic E-state index is 12.4. The molecule has 2 atom stereocenters. The molecule has 0 rings (SSSR count). The highest BCUT2D eigenvalue weighted by Crippen LogP contribution is 2.15. The van der Waals surface area contributed by atoms with Crippen LogP contribution in [0, 0.1) is 0 Å². The summed E-state index contributed by atoms with van der Waals surface area (Å²) in [6, 6.07) is -0.559. The van der Waals surface area contributed by atoms with E-state index in [2.05, 4.69) is 67.8 Å². The van der Waals surface area contributed by atoms with Crippen LogP contribution in [0.4, 0.5) is 0 Å². The molecule has 0 aromatic carbocycles. The van der Waals surface area contributed by atoms with Crippen LogP contribution in [0.15, 0.2) is 48.6 Å². The second kappa shape index (κ2) is 49.5. The maximum Gasteiger partial charge on any atom is 0.305 e. The molecule has 0 aliphatic carbocycles. The van der Waals surface area contributed by atoms with Gasteiger partial charge in [0.2, 0.25) is 5.91 Å². The molecule has 0 fully saturated rings. The Morgan fingerprint density at radius 1 is 0.483 bits per heavy atom. The molecule has 60 heavy (non-hydrogen) atoms. The van der Waals surface area contributed by atoms with E-state index in [0.717, 1.165) is 89.9 Å². The van der Waals surface area contributed by atoms with Crippen molar-refractivity contribution in [2.45, 2.75) is 270 Å². The molecule has 0 aliphatic heterocycles. The van der Waals surface area contributed by atoms with E-state index in [-0.39, 0.29) is 18.5 Å². The third kappa shape index (κ3) is 45.3. The van der Waals surface area contributed by atoms with Gasteiger partial charge in [0.05, 0.1) is 25.4 Å². The van der Waals surface area contributed by atoms with Gasteiger partial charge in [-0.15, -0.1) is 0 Å². The molecule has 2 unspecified atom stereocenters. The van der Waals surface area contributed by atoms with Gasteiger partial charge in [0.25, 0.3) is 0 Å². The van der Waals surface area contributed by atoms with Gasteiger partial charge in [-0.2, -0.15) is 0 Å². The highest BCUT2D eigenvalue weighted by atomic mass is 16.5. The molecule has 0 saturated carbocycles. The molecule has 0 aromatic rings. The average Bonchev–Trinajstić information content (AvgIpc) is 3.25. The molecule has 1 amide bonds. The minimum atomic E-state index is -0.679. The van der Waals surface area contributed by atoms with Crippen LogP contribution < -0.4 is 5.32 Å². The SMILES string of the molecule is CCCC/C=C\C/C=C\CCCCCCCC(=O)OCCCCC/C=C\C=C/CCCCCCCCC(=O)NC(CO)C(O)CCCCCCCCCCCCCCCC. The molecule has 0 heterocycles. The Balaban J connectivity index is 3.55. The number of ether oxygens (including phenoxy) is 1. The quantitative estimate of drug-likeness (QED) is 0.0245. The maximum absolute atomic E-state index is 12.4. The first kappa shape index (κ1) is 57.8. The van der Waals surface area contributed by atoms with Crippen molar-refractivity contribution in [3.8, 4) is 0 Å². The fourth-order valence-electron chi connectivity index (χ4n) is 7.59. The molecule has 350 valence electrons. The fraction of sp³-hybridized carbons (Fsp3) is 0.815. The lowest BCUT2D eigenvalue weighted by Gasteiger charge is -2.22. The number of aliphatic hydroxyl groups is 2. The van der Waals surface area contributed by atoms with Gasteiger partial charge < -0.3 is 20.3 Å². The van der Waals surface area contributed by atoms with Crippen molar-refractivity contribution in [3.05, 3.63) is 48.6 Å². The smallest absolute Gasteiger partial charge is 0.305 e. The first-order chi connectivity index (χ1) is 29.5. The number of carbonyl (C=O) groups is 2. The number of amides is 1. The van der Waals surface area contributed by atoms with Crippen LogP contribution >= 0.6 is 0 Å². The van der Waals surface area contributed by atoms with Crippen molar-refractivity contribution in [2.75, 3.05) is 13.2 Å². The predicted molar refractivity (Wildman–Crippen MR) is 259 cm³/mol. The van der Waals surface area contributed by atoms with Crippen molar-refractivity contribution in [1.82, 2.24) is 5.32 Å². The topological polar surface area (TPSA) is 95.9 Å². The van der Waals surface area contributed by atoms with Gasteiger partial charge in [-0.25, -0.2) is 0 Å². The number of hydrogen-bond acceptors (Lipinski definition) is 5. The molecular formula is C54H99NO5. The summed E-state index contributed by atoms with van der Waals surface area (Å²) in [6.45, 7) is 4.84. The van der Waals surface area contributed by atoms with Crippen molar-refractivity contribution in [1.29, 1.82) is 0 Å². The van der Waals surface area contributed by atoms with Gasteiger partial charge in [-0.3, -0.25) is 9.59 Å². The number of rotatable bonds is 47. The van der Waals surface area contributed by atoms with E-state index < -0.39 is 12.1 Å². The molecule has 0 saturated heterocycles. The van der Waals surface area contributed by atoms with Gasteiger partial charge in [0.15, 0.2) is 0 Å². The van der Waals surface area contributed by atoms with Crippen LogP contribution in [0.25, 0.3) is 0 Å². The van der Waals surface area contributed by atoms with Crippen LogP contribution in [0.5, 0.6) is 0 Å². The van der Waals surface area contributed by atoms with E-state index in [1.165, 1.54) is 135 Å². The highest BCUT2D eigenvalue weighted by molar-refractivity contribution is 5.76. The van der Waals surface area contributed by atoms with Crippen molar-refractivity contribution < 1.29 is 24.5 Å². The monoisotopic (exact) mass is 842 g/mol. The standard InChI is InChI=1S/C54H99NO5/c1-3-5-7-9-11-13-15-17-22-26-30-34-38-42-46-52(57)51(50-56)55-53(58)47-43-39-35-31-27-23-20-19-21-25-29-33-37-41-45-49-60-54(59)48-44-40-36-32-28-24-18-16-14-12-10-8-6-4-2/h10,12,16,18-19,21,25,29,51-52,56-57H,3-9,11,13-15,17,20,22-24,26-28,30-50H2,1-2H3,(H,55,58)/b12-10-,18-16-,21-19-,29-25-. The average molecular weight is 842 g/mol. The van der Waals surface area contributed by atoms with E-state index in [1.807, 2.05) is 0 Å². The summed E-state index contributed by atoms with van der Waals surface area (Å²) in [6.07, 6.45) is 60.8. The van der Waals surface area contributed by atoms with Crippen molar-refractivity contribution in [2.24, 2.45) is 0 Å². The Morgan fingerprint density at radius 2 is 0.900 bits per heavy atom. The number of unbranched alkanes of at least 4 members (excludes halogenated alkanes) is 29. The number of hydrogen-bond donors (Lipinski definition) is 3. The Labute approximate surface area is 372 Å². The van der Waals surface area contributed by atoms with Crippen LogP contribution in [-0.2, 0) is 14.3 Å². The van der Waals surface area contributed by atoms with Crippen LogP contribution in [0.3, 0.4) is 0 Å². The second-order valence-electron chi connectivity index (χ2n) is 17.5. The van der Waals surface area contributed by atoms with E-state index in [1.54, 1.807) is 0 Å². The lowest BCUT2D eigenvalue weighted by atomic mass is 10.0. The lowest BCUT2D eigenvalue weighted by Crippen LogP contribution is -2.45. The summed E-state index contributed by atoms with van der Waals surface area (Å²) >= 11 is 0. The Bertz CT molecular complexity index is 1020. The van der Waals surface area contributed by atoms with Crippen molar-refractivity contribution >= 4 is 11.9 Å². The zero-order valence-electron chi connectivity index (χ0n) is 39.7. The van der Waals surface area contributed by atoms with Gasteiger partial charge >= 0.3 is 5.97 Å². The Kier molecular flexibility index (Phi) is 47.7. The van der Waals surface area contributed by atoms with Crippen LogP contribution in [0.2, 0.25) is 0 Å². The highest BCUT2D eigenvalue weighted by Gasteiger charge is 2.20.